The highest BCUT2D eigenvalue weighted by molar-refractivity contribution is 5.91. The minimum absolute atomic E-state index is 0.0726. The Hall–Kier alpha value is -2.19. The van der Waals surface area contributed by atoms with Gasteiger partial charge in [0.2, 0.25) is 0 Å². The van der Waals surface area contributed by atoms with Crippen LogP contribution < -0.4 is 4.90 Å². The Balaban J connectivity index is 1.72. The Kier molecular flexibility index (Phi) is 5.27. The smallest absolute Gasteiger partial charge is 0.338 e. The number of hydrogen-bond acceptors (Lipinski definition) is 7. The third-order valence-corrected chi connectivity index (χ3v) is 4.18. The molecule has 8 heteroatoms. The van der Waals surface area contributed by atoms with Gasteiger partial charge < -0.3 is 19.1 Å². The Morgan fingerprint density at radius 2 is 2.12 bits per heavy atom. The van der Waals surface area contributed by atoms with Crippen LogP contribution in [-0.4, -0.2) is 56.5 Å². The zero-order valence-corrected chi connectivity index (χ0v) is 13.3. The molecule has 0 aliphatic carbocycles. The molecule has 2 aliphatic heterocycles. The summed E-state index contributed by atoms with van der Waals surface area (Å²) in [7, 11) is 0. The first-order valence-electron chi connectivity index (χ1n) is 8.05. The fourth-order valence-electron chi connectivity index (χ4n) is 2.90. The Bertz CT molecular complexity index is 609. The van der Waals surface area contributed by atoms with Crippen molar-refractivity contribution in [2.45, 2.75) is 18.9 Å². The van der Waals surface area contributed by atoms with Crippen LogP contribution in [0.4, 0.5) is 11.4 Å². The van der Waals surface area contributed by atoms with Crippen LogP contribution in [-0.2, 0) is 14.2 Å². The third kappa shape index (κ3) is 3.82. The number of ether oxygens (including phenoxy) is 3. The van der Waals surface area contributed by atoms with Crippen LogP contribution in [0, 0.1) is 10.1 Å². The van der Waals surface area contributed by atoms with Gasteiger partial charge in [0.1, 0.15) is 12.3 Å². The van der Waals surface area contributed by atoms with Gasteiger partial charge in [-0.15, -0.1) is 0 Å². The predicted octanol–water partition coefficient (Wildman–Crippen LogP) is 1.77. The van der Waals surface area contributed by atoms with Crippen LogP contribution >= 0.6 is 0 Å². The first-order valence-corrected chi connectivity index (χ1v) is 8.05. The van der Waals surface area contributed by atoms with Gasteiger partial charge in [0.15, 0.2) is 0 Å². The Labute approximate surface area is 139 Å². The SMILES string of the molecule is O=C(OCC1CCCO1)c1ccc(N2CCOCC2)c([N+](=O)[O-])c1. The molecule has 24 heavy (non-hydrogen) atoms. The quantitative estimate of drug-likeness (QED) is 0.460. The summed E-state index contributed by atoms with van der Waals surface area (Å²) in [5, 5.41) is 11.4. The number of carbonyl (C=O) groups is 1. The van der Waals surface area contributed by atoms with E-state index in [0.29, 0.717) is 38.6 Å². The summed E-state index contributed by atoms with van der Waals surface area (Å²) in [4.78, 5) is 24.9. The highest BCUT2D eigenvalue weighted by atomic mass is 16.6. The first kappa shape index (κ1) is 16.7. The molecular weight excluding hydrogens is 316 g/mol. The number of anilines is 1. The molecule has 130 valence electrons. The lowest BCUT2D eigenvalue weighted by molar-refractivity contribution is -0.384. The number of esters is 1. The molecule has 0 aromatic heterocycles. The molecule has 0 saturated carbocycles. The lowest BCUT2D eigenvalue weighted by Gasteiger charge is -2.28. The molecule has 0 amide bonds. The second-order valence-corrected chi connectivity index (χ2v) is 5.79. The van der Waals surface area contributed by atoms with Crippen molar-refractivity contribution >= 4 is 17.3 Å². The van der Waals surface area contributed by atoms with E-state index in [4.69, 9.17) is 14.2 Å². The molecule has 0 bridgehead atoms. The predicted molar refractivity (Wildman–Crippen MR) is 85.4 cm³/mol. The van der Waals surface area contributed by atoms with Gasteiger partial charge in [0.25, 0.3) is 5.69 Å². The first-order chi connectivity index (χ1) is 11.6. The maximum atomic E-state index is 12.1. The van der Waals surface area contributed by atoms with Crippen LogP contribution in [0.5, 0.6) is 0 Å². The summed E-state index contributed by atoms with van der Waals surface area (Å²) in [6, 6.07) is 4.45. The highest BCUT2D eigenvalue weighted by Gasteiger charge is 2.24. The van der Waals surface area contributed by atoms with Gasteiger partial charge in [-0.1, -0.05) is 0 Å². The van der Waals surface area contributed by atoms with Gasteiger partial charge in [-0.05, 0) is 25.0 Å². The number of carbonyl (C=O) groups excluding carboxylic acids is 1. The van der Waals surface area contributed by atoms with E-state index in [2.05, 4.69) is 0 Å². The Morgan fingerprint density at radius 3 is 2.79 bits per heavy atom. The number of nitrogens with zero attached hydrogens (tertiary/aromatic N) is 2. The molecule has 2 heterocycles. The van der Waals surface area contributed by atoms with E-state index < -0.39 is 10.9 Å². The minimum Gasteiger partial charge on any atom is -0.459 e. The second-order valence-electron chi connectivity index (χ2n) is 5.79. The molecule has 1 unspecified atom stereocenters. The van der Waals surface area contributed by atoms with E-state index in [0.717, 1.165) is 12.8 Å². The van der Waals surface area contributed by atoms with E-state index in [-0.39, 0.29) is 24.0 Å². The molecule has 2 fully saturated rings. The van der Waals surface area contributed by atoms with Crippen molar-refractivity contribution in [1.29, 1.82) is 0 Å². The molecule has 0 radical (unpaired) electrons. The van der Waals surface area contributed by atoms with Crippen molar-refractivity contribution in [3.63, 3.8) is 0 Å². The molecule has 1 aromatic rings. The maximum absolute atomic E-state index is 12.1. The van der Waals surface area contributed by atoms with Crippen molar-refractivity contribution in [3.05, 3.63) is 33.9 Å². The van der Waals surface area contributed by atoms with Gasteiger partial charge in [-0.25, -0.2) is 4.79 Å². The normalized spacial score (nSPS) is 20.8. The molecule has 2 saturated heterocycles. The van der Waals surface area contributed by atoms with E-state index in [9.17, 15) is 14.9 Å². The fraction of sp³-hybridized carbons (Fsp3) is 0.562. The molecule has 2 aliphatic rings. The highest BCUT2D eigenvalue weighted by Crippen LogP contribution is 2.30. The van der Waals surface area contributed by atoms with E-state index >= 15 is 0 Å². The van der Waals surface area contributed by atoms with Crippen molar-refractivity contribution in [2.24, 2.45) is 0 Å². The monoisotopic (exact) mass is 336 g/mol. The van der Waals surface area contributed by atoms with Crippen LogP contribution in [0.2, 0.25) is 0 Å². The van der Waals surface area contributed by atoms with Crippen LogP contribution in [0.15, 0.2) is 18.2 Å². The summed E-state index contributed by atoms with van der Waals surface area (Å²) in [6.45, 7) is 3.09. The lowest BCUT2D eigenvalue weighted by atomic mass is 10.1. The number of nitro benzene ring substituents is 1. The van der Waals surface area contributed by atoms with Gasteiger partial charge in [-0.2, -0.15) is 0 Å². The fourth-order valence-corrected chi connectivity index (χ4v) is 2.90. The summed E-state index contributed by atoms with van der Waals surface area (Å²) in [5.74, 6) is -0.567. The largest absolute Gasteiger partial charge is 0.459 e. The van der Waals surface area contributed by atoms with Crippen LogP contribution in [0.1, 0.15) is 23.2 Å². The third-order valence-electron chi connectivity index (χ3n) is 4.18. The summed E-state index contributed by atoms with van der Waals surface area (Å²) < 4.78 is 15.9. The van der Waals surface area contributed by atoms with Gasteiger partial charge in [0.05, 0.1) is 29.8 Å². The molecule has 1 atom stereocenters. The average Bonchev–Trinajstić information content (AvgIpc) is 3.13. The molecule has 8 nitrogen and oxygen atoms in total. The summed E-state index contributed by atoms with van der Waals surface area (Å²) >= 11 is 0. The van der Waals surface area contributed by atoms with Gasteiger partial charge in [-0.3, -0.25) is 10.1 Å². The van der Waals surface area contributed by atoms with Crippen molar-refractivity contribution < 1.29 is 23.9 Å². The maximum Gasteiger partial charge on any atom is 0.338 e. The molecule has 3 rings (SSSR count). The van der Waals surface area contributed by atoms with E-state index in [1.807, 2.05) is 4.90 Å². The number of rotatable bonds is 5. The van der Waals surface area contributed by atoms with E-state index in [1.165, 1.54) is 6.07 Å². The zero-order chi connectivity index (χ0) is 16.9. The standard InChI is InChI=1S/C16H20N2O6/c19-16(24-11-13-2-1-7-23-13)12-3-4-14(15(10-12)18(20)21)17-5-8-22-9-6-17/h3-4,10,13H,1-2,5-9,11H2. The topological polar surface area (TPSA) is 91.1 Å². The van der Waals surface area contributed by atoms with Crippen molar-refractivity contribution in [3.8, 4) is 0 Å². The number of nitro groups is 1. The van der Waals surface area contributed by atoms with Gasteiger partial charge in [0, 0.05) is 25.8 Å². The molecule has 0 N–H and O–H groups in total. The number of hydrogen-bond donors (Lipinski definition) is 0. The average molecular weight is 336 g/mol. The summed E-state index contributed by atoms with van der Waals surface area (Å²) in [6.07, 6.45) is 1.75. The zero-order valence-electron chi connectivity index (χ0n) is 13.3. The number of benzene rings is 1. The molecular formula is C16H20N2O6. The second kappa shape index (κ2) is 7.59. The van der Waals surface area contributed by atoms with Crippen molar-refractivity contribution in [1.82, 2.24) is 0 Å². The van der Waals surface area contributed by atoms with Crippen molar-refractivity contribution in [2.75, 3.05) is 44.4 Å². The molecule has 0 spiro atoms. The lowest BCUT2D eigenvalue weighted by Crippen LogP contribution is -2.36. The van der Waals surface area contributed by atoms with E-state index in [1.54, 1.807) is 12.1 Å². The summed E-state index contributed by atoms with van der Waals surface area (Å²) in [5.41, 5.74) is 0.583. The van der Waals surface area contributed by atoms with Gasteiger partial charge >= 0.3 is 5.97 Å². The van der Waals surface area contributed by atoms with Crippen LogP contribution in [0.25, 0.3) is 0 Å². The number of morpholine rings is 1. The molecule has 1 aromatic carbocycles. The minimum atomic E-state index is -0.567. The Morgan fingerprint density at radius 1 is 1.33 bits per heavy atom. The van der Waals surface area contributed by atoms with Crippen LogP contribution in [0.3, 0.4) is 0 Å².